The molecule has 1 aliphatic rings. The number of rotatable bonds is 2. The molecule has 0 saturated carbocycles. The molecule has 1 aliphatic heterocycles. The number of aliphatic hydroxyl groups is 3. The van der Waals surface area contributed by atoms with Gasteiger partial charge in [-0.05, 0) is 13.3 Å². The second-order valence-corrected chi connectivity index (χ2v) is 4.05. The Morgan fingerprint density at radius 1 is 1.54 bits per heavy atom. The van der Waals surface area contributed by atoms with Gasteiger partial charge in [0.2, 0.25) is 0 Å². The molecule has 0 bridgehead atoms. The summed E-state index contributed by atoms with van der Waals surface area (Å²) in [4.78, 5) is 0. The quantitative estimate of drug-likeness (QED) is 0.460. The monoisotopic (exact) mass is 189 g/mol. The Morgan fingerprint density at radius 2 is 2.15 bits per heavy atom. The third-order valence-corrected chi connectivity index (χ3v) is 2.86. The molecule has 0 radical (unpaired) electrons. The predicted molar refractivity (Wildman–Crippen MR) is 49.3 cm³/mol. The molecular formula is C9H19NO3. The van der Waals surface area contributed by atoms with Crippen molar-refractivity contribution >= 4 is 0 Å². The molecule has 0 amide bonds. The summed E-state index contributed by atoms with van der Waals surface area (Å²) in [5.74, 6) is 0. The standard InChI is InChI=1S/C9H19NO3/c1-3-8-9(2,13)4-7(12)6(5-11)10-8/h6-8,10-13H,3-5H2,1-2H3/t6-,7+,8+,9-/m0/s1. The van der Waals surface area contributed by atoms with Gasteiger partial charge in [-0.15, -0.1) is 0 Å². The van der Waals surface area contributed by atoms with Gasteiger partial charge in [-0.25, -0.2) is 0 Å². The third kappa shape index (κ3) is 2.20. The van der Waals surface area contributed by atoms with E-state index in [2.05, 4.69) is 5.32 Å². The van der Waals surface area contributed by atoms with Crippen LogP contribution in [0.4, 0.5) is 0 Å². The fourth-order valence-corrected chi connectivity index (χ4v) is 1.99. The highest BCUT2D eigenvalue weighted by Gasteiger charge is 2.41. The minimum Gasteiger partial charge on any atom is -0.395 e. The van der Waals surface area contributed by atoms with Crippen molar-refractivity contribution in [3.05, 3.63) is 0 Å². The number of aliphatic hydroxyl groups excluding tert-OH is 2. The molecule has 0 aliphatic carbocycles. The van der Waals surface area contributed by atoms with Crippen molar-refractivity contribution in [3.63, 3.8) is 0 Å². The van der Waals surface area contributed by atoms with Gasteiger partial charge in [-0.1, -0.05) is 6.92 Å². The zero-order valence-corrected chi connectivity index (χ0v) is 8.20. The van der Waals surface area contributed by atoms with Crippen LogP contribution in [-0.2, 0) is 0 Å². The molecular weight excluding hydrogens is 170 g/mol. The molecule has 4 heteroatoms. The number of piperidine rings is 1. The molecule has 0 aromatic rings. The van der Waals surface area contributed by atoms with E-state index in [-0.39, 0.29) is 18.7 Å². The molecule has 4 N–H and O–H groups in total. The summed E-state index contributed by atoms with van der Waals surface area (Å²) in [7, 11) is 0. The van der Waals surface area contributed by atoms with Crippen molar-refractivity contribution in [1.82, 2.24) is 5.32 Å². The van der Waals surface area contributed by atoms with Crippen LogP contribution in [-0.4, -0.2) is 45.7 Å². The maximum absolute atomic E-state index is 9.91. The Morgan fingerprint density at radius 3 is 2.62 bits per heavy atom. The average molecular weight is 189 g/mol. The first kappa shape index (κ1) is 10.9. The first-order valence-electron chi connectivity index (χ1n) is 4.78. The molecule has 1 fully saturated rings. The second-order valence-electron chi connectivity index (χ2n) is 4.05. The van der Waals surface area contributed by atoms with Crippen molar-refractivity contribution in [2.24, 2.45) is 0 Å². The highest BCUT2D eigenvalue weighted by Crippen LogP contribution is 2.26. The highest BCUT2D eigenvalue weighted by atomic mass is 16.3. The van der Waals surface area contributed by atoms with Crippen LogP contribution in [0, 0.1) is 0 Å². The fourth-order valence-electron chi connectivity index (χ4n) is 1.99. The van der Waals surface area contributed by atoms with Crippen LogP contribution in [0.25, 0.3) is 0 Å². The topological polar surface area (TPSA) is 72.7 Å². The lowest BCUT2D eigenvalue weighted by molar-refractivity contribution is -0.0794. The normalized spacial score (nSPS) is 46.4. The van der Waals surface area contributed by atoms with E-state index in [9.17, 15) is 10.2 Å². The molecule has 0 spiro atoms. The van der Waals surface area contributed by atoms with Crippen molar-refractivity contribution in [1.29, 1.82) is 0 Å². The summed E-state index contributed by atoms with van der Waals surface area (Å²) in [5, 5.41) is 31.4. The molecule has 4 atom stereocenters. The average Bonchev–Trinajstić information content (AvgIpc) is 2.03. The van der Waals surface area contributed by atoms with Gasteiger partial charge in [-0.3, -0.25) is 0 Å². The Labute approximate surface area is 78.6 Å². The van der Waals surface area contributed by atoms with Crippen LogP contribution in [0.15, 0.2) is 0 Å². The van der Waals surface area contributed by atoms with Crippen LogP contribution in [0.2, 0.25) is 0 Å². The number of nitrogens with one attached hydrogen (secondary N) is 1. The van der Waals surface area contributed by atoms with Gasteiger partial charge in [0.1, 0.15) is 0 Å². The predicted octanol–water partition coefficient (Wildman–Crippen LogP) is -0.769. The van der Waals surface area contributed by atoms with Crippen molar-refractivity contribution in [2.45, 2.75) is 50.5 Å². The molecule has 1 heterocycles. The Bertz CT molecular complexity index is 172. The minimum absolute atomic E-state index is 0.0481. The van der Waals surface area contributed by atoms with Gasteiger partial charge in [0.25, 0.3) is 0 Å². The second kappa shape index (κ2) is 3.92. The van der Waals surface area contributed by atoms with E-state index >= 15 is 0 Å². The summed E-state index contributed by atoms with van der Waals surface area (Å²) < 4.78 is 0. The Balaban J connectivity index is 2.66. The molecule has 1 rings (SSSR count). The smallest absolute Gasteiger partial charge is 0.0797 e. The van der Waals surface area contributed by atoms with Crippen LogP contribution >= 0.6 is 0 Å². The summed E-state index contributed by atoms with van der Waals surface area (Å²) in [6, 6.07) is -0.349. The van der Waals surface area contributed by atoms with E-state index < -0.39 is 11.7 Å². The maximum atomic E-state index is 9.91. The van der Waals surface area contributed by atoms with E-state index in [1.165, 1.54) is 0 Å². The van der Waals surface area contributed by atoms with E-state index in [0.29, 0.717) is 6.42 Å². The molecule has 13 heavy (non-hydrogen) atoms. The maximum Gasteiger partial charge on any atom is 0.0797 e. The van der Waals surface area contributed by atoms with Crippen molar-refractivity contribution in [2.75, 3.05) is 6.61 Å². The molecule has 0 aromatic carbocycles. The molecule has 78 valence electrons. The lowest BCUT2D eigenvalue weighted by atomic mass is 9.82. The summed E-state index contributed by atoms with van der Waals surface area (Å²) in [6.07, 6.45) is 0.447. The first-order chi connectivity index (χ1) is 6.01. The zero-order chi connectivity index (χ0) is 10.1. The van der Waals surface area contributed by atoms with Crippen LogP contribution < -0.4 is 5.32 Å². The van der Waals surface area contributed by atoms with Gasteiger partial charge >= 0.3 is 0 Å². The van der Waals surface area contributed by atoms with E-state index in [4.69, 9.17) is 5.11 Å². The van der Waals surface area contributed by atoms with E-state index in [1.807, 2.05) is 6.92 Å². The largest absolute Gasteiger partial charge is 0.395 e. The third-order valence-electron chi connectivity index (χ3n) is 2.86. The van der Waals surface area contributed by atoms with Crippen LogP contribution in [0.5, 0.6) is 0 Å². The SMILES string of the molecule is CC[C@H]1N[C@@H](CO)[C@H](O)C[C@]1(C)O. The highest BCUT2D eigenvalue weighted by molar-refractivity contribution is 4.98. The summed E-state index contributed by atoms with van der Waals surface area (Å²) >= 11 is 0. The van der Waals surface area contributed by atoms with Gasteiger partial charge in [0.15, 0.2) is 0 Å². The molecule has 0 aromatic heterocycles. The van der Waals surface area contributed by atoms with E-state index in [0.717, 1.165) is 6.42 Å². The van der Waals surface area contributed by atoms with Crippen molar-refractivity contribution in [3.8, 4) is 0 Å². The Hall–Kier alpha value is -0.160. The number of hydrogen-bond donors (Lipinski definition) is 4. The molecule has 1 saturated heterocycles. The van der Waals surface area contributed by atoms with Crippen molar-refractivity contribution < 1.29 is 15.3 Å². The van der Waals surface area contributed by atoms with Crippen LogP contribution in [0.1, 0.15) is 26.7 Å². The van der Waals surface area contributed by atoms with E-state index in [1.54, 1.807) is 6.92 Å². The lowest BCUT2D eigenvalue weighted by Crippen LogP contribution is -2.63. The molecule has 0 unspecified atom stereocenters. The minimum atomic E-state index is -0.875. The van der Waals surface area contributed by atoms with Crippen LogP contribution in [0.3, 0.4) is 0 Å². The summed E-state index contributed by atoms with van der Waals surface area (Å²) in [6.45, 7) is 3.59. The van der Waals surface area contributed by atoms with Gasteiger partial charge in [0.05, 0.1) is 24.4 Å². The van der Waals surface area contributed by atoms with Gasteiger partial charge < -0.3 is 20.6 Å². The Kier molecular flexibility index (Phi) is 3.29. The van der Waals surface area contributed by atoms with Gasteiger partial charge in [0, 0.05) is 12.5 Å². The summed E-state index contributed by atoms with van der Waals surface area (Å²) in [5.41, 5.74) is -0.875. The zero-order valence-electron chi connectivity index (χ0n) is 8.20. The first-order valence-corrected chi connectivity index (χ1v) is 4.78. The fraction of sp³-hybridized carbons (Fsp3) is 1.00. The van der Waals surface area contributed by atoms with Gasteiger partial charge in [-0.2, -0.15) is 0 Å². The lowest BCUT2D eigenvalue weighted by Gasteiger charge is -2.43. The molecule has 4 nitrogen and oxygen atoms in total. The number of hydrogen-bond acceptors (Lipinski definition) is 4.